The van der Waals surface area contributed by atoms with E-state index in [1.165, 1.54) is 4.90 Å². The molecule has 12 heteroatoms. The van der Waals surface area contributed by atoms with Gasteiger partial charge in [0.2, 0.25) is 23.6 Å². The molecule has 2 aliphatic heterocycles. The molecule has 3 aromatic rings. The lowest BCUT2D eigenvalue weighted by molar-refractivity contribution is -0.138. The van der Waals surface area contributed by atoms with E-state index >= 15 is 0 Å². The number of benzene rings is 2. The average molecular weight is 616 g/mol. The number of carbonyl (C=O) groups is 4. The molecule has 2 aromatic carbocycles. The molecule has 5 rings (SSSR count). The normalized spacial score (nSPS) is 21.8. The quantitative estimate of drug-likeness (QED) is 0.211. The van der Waals surface area contributed by atoms with E-state index in [-0.39, 0.29) is 43.8 Å². The Morgan fingerprint density at radius 3 is 2.62 bits per heavy atom. The minimum absolute atomic E-state index is 0.0755. The van der Waals surface area contributed by atoms with Gasteiger partial charge < -0.3 is 36.2 Å². The molecule has 0 unspecified atom stereocenters. The highest BCUT2D eigenvalue weighted by Gasteiger charge is 2.44. The number of anilines is 1. The van der Waals surface area contributed by atoms with Crippen molar-refractivity contribution in [1.82, 2.24) is 30.7 Å². The molecule has 5 atom stereocenters. The molecule has 45 heavy (non-hydrogen) atoms. The topological polar surface area (TPSA) is 156 Å². The molecule has 0 aliphatic carbocycles. The molecule has 12 nitrogen and oxygen atoms in total. The number of hydrogen-bond donors (Lipinski definition) is 5. The number of aliphatic hydroxyl groups excluding tert-OH is 1. The number of aromatic nitrogens is 1. The Morgan fingerprint density at radius 2 is 1.84 bits per heavy atom. The van der Waals surface area contributed by atoms with Gasteiger partial charge in [0.1, 0.15) is 12.1 Å². The van der Waals surface area contributed by atoms with Crippen LogP contribution in [0.1, 0.15) is 24.8 Å². The number of fused-ring (bicyclic) bond motifs is 1. The fourth-order valence-corrected chi connectivity index (χ4v) is 6.05. The fraction of sp³-hybridized carbons (Fsp3) is 0.424. The molecule has 1 aromatic heterocycles. The first-order valence-electron chi connectivity index (χ1n) is 15.4. The number of carbonyl (C=O) groups excluding carboxylic acids is 4. The number of aryl methyl sites for hydroxylation is 1. The zero-order valence-electron chi connectivity index (χ0n) is 25.6. The van der Waals surface area contributed by atoms with Crippen molar-refractivity contribution in [2.75, 3.05) is 39.0 Å². The van der Waals surface area contributed by atoms with Crippen molar-refractivity contribution >= 4 is 40.2 Å². The van der Waals surface area contributed by atoms with E-state index in [9.17, 15) is 24.3 Å². The summed E-state index contributed by atoms with van der Waals surface area (Å²) in [6.45, 7) is 0.757. The summed E-state index contributed by atoms with van der Waals surface area (Å²) in [6, 6.07) is 16.8. The van der Waals surface area contributed by atoms with Gasteiger partial charge in [-0.1, -0.05) is 48.5 Å². The van der Waals surface area contributed by atoms with E-state index < -0.39 is 36.0 Å². The average Bonchev–Trinajstić information content (AvgIpc) is 3.72. The standard InChI is InChI=1S/C33H41N7O5/c1-34-19-30(42)39(2)25-16-27(36-18-25)33(45)40-20-24(38-32(44)29(41)13-12-21-8-4-3-5-9-21)15-28(40)31(43)37-23-14-22-10-6-7-11-26(22)35-17-23/h3-11,14,17,24-25,27-29,34,36,41H,12-13,15-16,18-20H2,1-2H3,(H,37,43)(H,38,44)/t24-,25-,27+,28+,29-/m1/s1. The van der Waals surface area contributed by atoms with Crippen molar-refractivity contribution in [2.24, 2.45) is 0 Å². The highest BCUT2D eigenvalue weighted by Crippen LogP contribution is 2.25. The van der Waals surface area contributed by atoms with E-state index in [2.05, 4.69) is 26.3 Å². The van der Waals surface area contributed by atoms with Crippen molar-refractivity contribution < 1.29 is 24.3 Å². The lowest BCUT2D eigenvalue weighted by Gasteiger charge is -2.27. The Labute approximate surface area is 262 Å². The first-order valence-corrected chi connectivity index (χ1v) is 15.4. The highest BCUT2D eigenvalue weighted by molar-refractivity contribution is 5.99. The predicted molar refractivity (Wildman–Crippen MR) is 170 cm³/mol. The van der Waals surface area contributed by atoms with Gasteiger partial charge in [0.25, 0.3) is 0 Å². The largest absolute Gasteiger partial charge is 0.383 e. The molecule has 0 saturated carbocycles. The van der Waals surface area contributed by atoms with Gasteiger partial charge in [0.15, 0.2) is 0 Å². The summed E-state index contributed by atoms with van der Waals surface area (Å²) in [7, 11) is 3.42. The number of amides is 4. The van der Waals surface area contributed by atoms with E-state index in [1.807, 2.05) is 60.7 Å². The molecule has 0 radical (unpaired) electrons. The molecule has 238 valence electrons. The number of nitrogens with zero attached hydrogens (tertiary/aromatic N) is 3. The summed E-state index contributed by atoms with van der Waals surface area (Å²) in [4.78, 5) is 60.4. The van der Waals surface area contributed by atoms with Crippen molar-refractivity contribution in [1.29, 1.82) is 0 Å². The van der Waals surface area contributed by atoms with Crippen LogP contribution in [-0.4, -0.2) is 108 Å². The third kappa shape index (κ3) is 7.83. The minimum Gasteiger partial charge on any atom is -0.383 e. The van der Waals surface area contributed by atoms with Crippen LogP contribution in [-0.2, 0) is 25.6 Å². The van der Waals surface area contributed by atoms with Gasteiger partial charge in [-0.2, -0.15) is 0 Å². The van der Waals surface area contributed by atoms with E-state index in [4.69, 9.17) is 0 Å². The highest BCUT2D eigenvalue weighted by atomic mass is 16.3. The van der Waals surface area contributed by atoms with Crippen LogP contribution in [0.25, 0.3) is 10.9 Å². The Morgan fingerprint density at radius 1 is 1.09 bits per heavy atom. The molecular formula is C33H41N7O5. The number of likely N-dealkylation sites (tertiary alicyclic amines) is 1. The number of pyridine rings is 1. The molecule has 3 heterocycles. The Hall–Kier alpha value is -4.39. The van der Waals surface area contributed by atoms with E-state index in [0.717, 1.165) is 16.5 Å². The maximum atomic E-state index is 13.9. The lowest BCUT2D eigenvalue weighted by Crippen LogP contribution is -2.50. The smallest absolute Gasteiger partial charge is 0.249 e. The number of para-hydroxylation sites is 1. The third-order valence-electron chi connectivity index (χ3n) is 8.62. The fourth-order valence-electron chi connectivity index (χ4n) is 6.05. The Bertz CT molecular complexity index is 1520. The van der Waals surface area contributed by atoms with Crippen LogP contribution >= 0.6 is 0 Å². The summed E-state index contributed by atoms with van der Waals surface area (Å²) in [5.74, 6) is -1.27. The number of rotatable bonds is 11. The number of likely N-dealkylation sites (N-methyl/N-ethyl adjacent to an activating group) is 2. The second kappa shape index (κ2) is 14.6. The first kappa shape index (κ1) is 32.0. The number of aliphatic hydroxyl groups is 1. The second-order valence-corrected chi connectivity index (χ2v) is 11.8. The van der Waals surface area contributed by atoms with Crippen LogP contribution in [0.2, 0.25) is 0 Å². The lowest BCUT2D eigenvalue weighted by atomic mass is 10.1. The van der Waals surface area contributed by atoms with Crippen LogP contribution in [0.15, 0.2) is 66.9 Å². The predicted octanol–water partition coefficient (Wildman–Crippen LogP) is 0.661. The summed E-state index contributed by atoms with van der Waals surface area (Å²) in [5, 5.41) is 23.3. The van der Waals surface area contributed by atoms with Gasteiger partial charge in [-0.15, -0.1) is 0 Å². The molecule has 2 aliphatic rings. The van der Waals surface area contributed by atoms with E-state index in [0.29, 0.717) is 25.1 Å². The molecule has 2 fully saturated rings. The van der Waals surface area contributed by atoms with Gasteiger partial charge in [0, 0.05) is 37.6 Å². The summed E-state index contributed by atoms with van der Waals surface area (Å²) in [5.41, 5.74) is 2.31. The summed E-state index contributed by atoms with van der Waals surface area (Å²) >= 11 is 0. The van der Waals surface area contributed by atoms with Gasteiger partial charge in [0.05, 0.1) is 30.0 Å². The maximum absolute atomic E-state index is 13.9. The Kier molecular flexibility index (Phi) is 10.4. The van der Waals surface area contributed by atoms with Crippen molar-refractivity contribution in [3.8, 4) is 0 Å². The van der Waals surface area contributed by atoms with Crippen LogP contribution in [0.4, 0.5) is 5.69 Å². The summed E-state index contributed by atoms with van der Waals surface area (Å²) < 4.78 is 0. The molecule has 4 amide bonds. The zero-order valence-corrected chi connectivity index (χ0v) is 25.6. The van der Waals surface area contributed by atoms with E-state index in [1.54, 1.807) is 25.2 Å². The van der Waals surface area contributed by atoms with Gasteiger partial charge >= 0.3 is 0 Å². The SMILES string of the molecule is CNCC(=O)N(C)[C@H]1CN[C@H](C(=O)N2C[C@H](NC(=O)[C@H](O)CCc3ccccc3)C[C@H]2C(=O)Nc2cnc3ccccc3c2)C1. The monoisotopic (exact) mass is 615 g/mol. The summed E-state index contributed by atoms with van der Waals surface area (Å²) in [6.07, 6.45) is 1.72. The van der Waals surface area contributed by atoms with Crippen molar-refractivity contribution in [3.63, 3.8) is 0 Å². The number of hydrogen-bond acceptors (Lipinski definition) is 8. The van der Waals surface area contributed by atoms with Gasteiger partial charge in [-0.25, -0.2) is 0 Å². The maximum Gasteiger partial charge on any atom is 0.249 e. The minimum atomic E-state index is -1.23. The van der Waals surface area contributed by atoms with Gasteiger partial charge in [-0.3, -0.25) is 24.2 Å². The van der Waals surface area contributed by atoms with Crippen molar-refractivity contribution in [3.05, 3.63) is 72.4 Å². The second-order valence-electron chi connectivity index (χ2n) is 11.8. The van der Waals surface area contributed by atoms with Gasteiger partial charge in [-0.05, 0) is 50.4 Å². The number of nitrogens with one attached hydrogen (secondary N) is 4. The third-order valence-corrected chi connectivity index (χ3v) is 8.62. The van der Waals surface area contributed by atoms with Crippen LogP contribution in [0.5, 0.6) is 0 Å². The van der Waals surface area contributed by atoms with Crippen LogP contribution in [0.3, 0.4) is 0 Å². The van der Waals surface area contributed by atoms with Crippen LogP contribution < -0.4 is 21.3 Å². The zero-order chi connectivity index (χ0) is 31.9. The van der Waals surface area contributed by atoms with Crippen molar-refractivity contribution in [2.45, 2.75) is 56.0 Å². The molecule has 5 N–H and O–H groups in total. The molecule has 0 bridgehead atoms. The first-order chi connectivity index (χ1) is 21.7. The molecular weight excluding hydrogens is 574 g/mol. The molecule has 2 saturated heterocycles. The molecule has 0 spiro atoms. The Balaban J connectivity index is 1.27. The van der Waals surface area contributed by atoms with Crippen LogP contribution in [0, 0.1) is 0 Å².